The highest BCUT2D eigenvalue weighted by atomic mass is 16.6. The highest BCUT2D eigenvalue weighted by Gasteiger charge is 2.24. The molecule has 3 aromatic rings. The molecule has 0 aliphatic carbocycles. The molecule has 0 amide bonds. The third-order valence-corrected chi connectivity index (χ3v) is 3.80. The van der Waals surface area contributed by atoms with Gasteiger partial charge in [0.05, 0.1) is 11.0 Å². The quantitative estimate of drug-likeness (QED) is 0.481. The molecule has 0 saturated carbocycles. The molecule has 2 heterocycles. The minimum atomic E-state index is -0.565. The van der Waals surface area contributed by atoms with Crippen LogP contribution in [0.1, 0.15) is 5.69 Å². The number of rotatable bonds is 5. The molecule has 1 aliphatic rings. The van der Waals surface area contributed by atoms with E-state index in [0.29, 0.717) is 36.2 Å². The van der Waals surface area contributed by atoms with Gasteiger partial charge >= 0.3 is 11.7 Å². The SMILES string of the molecule is Cc1cc(Oc2ccccc2)nc(Oc2cc3c(cc2[N+](=O)[O-])OCCO3)n1. The van der Waals surface area contributed by atoms with Gasteiger partial charge < -0.3 is 18.9 Å². The van der Waals surface area contributed by atoms with Crippen molar-refractivity contribution in [2.75, 3.05) is 13.2 Å². The molecule has 4 rings (SSSR count). The normalized spacial score (nSPS) is 12.3. The first kappa shape index (κ1) is 17.5. The third-order valence-electron chi connectivity index (χ3n) is 3.80. The molecule has 0 atom stereocenters. The van der Waals surface area contributed by atoms with Crippen LogP contribution in [0.3, 0.4) is 0 Å². The molecule has 28 heavy (non-hydrogen) atoms. The Morgan fingerprint density at radius 2 is 1.71 bits per heavy atom. The average molecular weight is 381 g/mol. The topological polar surface area (TPSA) is 106 Å². The maximum absolute atomic E-state index is 11.4. The number of nitro groups is 1. The summed E-state index contributed by atoms with van der Waals surface area (Å²) in [6.07, 6.45) is 0. The van der Waals surface area contributed by atoms with Gasteiger partial charge in [0.25, 0.3) is 0 Å². The van der Waals surface area contributed by atoms with Crippen LogP contribution in [-0.4, -0.2) is 28.1 Å². The first-order valence-electron chi connectivity index (χ1n) is 8.43. The molecule has 0 unspecified atom stereocenters. The number of nitro benzene ring substituents is 1. The zero-order chi connectivity index (χ0) is 19.5. The van der Waals surface area contributed by atoms with E-state index >= 15 is 0 Å². The van der Waals surface area contributed by atoms with E-state index in [0.717, 1.165) is 0 Å². The van der Waals surface area contributed by atoms with Gasteiger partial charge in [0.15, 0.2) is 11.5 Å². The molecule has 9 heteroatoms. The molecule has 1 aliphatic heterocycles. The van der Waals surface area contributed by atoms with E-state index < -0.39 is 4.92 Å². The monoisotopic (exact) mass is 381 g/mol. The van der Waals surface area contributed by atoms with Crippen molar-refractivity contribution in [3.8, 4) is 34.9 Å². The molecule has 9 nitrogen and oxygen atoms in total. The van der Waals surface area contributed by atoms with Crippen molar-refractivity contribution >= 4 is 5.69 Å². The fourth-order valence-electron chi connectivity index (χ4n) is 2.60. The number of aryl methyl sites for hydroxylation is 1. The van der Waals surface area contributed by atoms with Crippen molar-refractivity contribution < 1.29 is 23.9 Å². The zero-order valence-electron chi connectivity index (χ0n) is 14.8. The van der Waals surface area contributed by atoms with E-state index in [-0.39, 0.29) is 23.3 Å². The van der Waals surface area contributed by atoms with Crippen LogP contribution in [-0.2, 0) is 0 Å². The van der Waals surface area contributed by atoms with Crippen LogP contribution in [0.25, 0.3) is 0 Å². The van der Waals surface area contributed by atoms with Crippen LogP contribution in [0.5, 0.6) is 34.9 Å². The second kappa shape index (κ2) is 7.39. The van der Waals surface area contributed by atoms with Gasteiger partial charge in [-0.15, -0.1) is 0 Å². The number of aromatic nitrogens is 2. The molecule has 0 fully saturated rings. The molecule has 0 radical (unpaired) electrons. The summed E-state index contributed by atoms with van der Waals surface area (Å²) in [6.45, 7) is 2.41. The Labute approximate surface area is 159 Å². The van der Waals surface area contributed by atoms with Crippen LogP contribution in [0, 0.1) is 17.0 Å². The lowest BCUT2D eigenvalue weighted by molar-refractivity contribution is -0.385. The van der Waals surface area contributed by atoms with Crippen molar-refractivity contribution in [2.24, 2.45) is 0 Å². The molecule has 2 aromatic carbocycles. The van der Waals surface area contributed by atoms with Crippen molar-refractivity contribution in [1.29, 1.82) is 0 Å². The Morgan fingerprint density at radius 1 is 1.00 bits per heavy atom. The first-order chi connectivity index (χ1) is 13.6. The number of benzene rings is 2. The molecule has 142 valence electrons. The Kier molecular flexibility index (Phi) is 4.63. The molecule has 0 spiro atoms. The van der Waals surface area contributed by atoms with E-state index in [1.807, 2.05) is 18.2 Å². The van der Waals surface area contributed by atoms with E-state index in [9.17, 15) is 10.1 Å². The summed E-state index contributed by atoms with van der Waals surface area (Å²) >= 11 is 0. The molecule has 0 bridgehead atoms. The molecule has 1 aromatic heterocycles. The largest absolute Gasteiger partial charge is 0.486 e. The Morgan fingerprint density at radius 3 is 2.43 bits per heavy atom. The number of para-hydroxylation sites is 1. The Hall–Kier alpha value is -3.88. The molecular weight excluding hydrogens is 366 g/mol. The zero-order valence-corrected chi connectivity index (χ0v) is 14.8. The average Bonchev–Trinajstić information content (AvgIpc) is 2.67. The maximum Gasteiger partial charge on any atom is 0.325 e. The van der Waals surface area contributed by atoms with Crippen molar-refractivity contribution in [3.05, 3.63) is 64.3 Å². The molecular formula is C19H15N3O6. The smallest absolute Gasteiger partial charge is 0.325 e. The highest BCUT2D eigenvalue weighted by Crippen LogP contribution is 2.42. The maximum atomic E-state index is 11.4. The van der Waals surface area contributed by atoms with Crippen LogP contribution in [0.15, 0.2) is 48.5 Å². The van der Waals surface area contributed by atoms with Gasteiger partial charge in [-0.2, -0.15) is 9.97 Å². The van der Waals surface area contributed by atoms with E-state index in [2.05, 4.69) is 9.97 Å². The van der Waals surface area contributed by atoms with Crippen LogP contribution in [0.2, 0.25) is 0 Å². The fourth-order valence-corrected chi connectivity index (χ4v) is 2.60. The predicted octanol–water partition coefficient (Wildman–Crippen LogP) is 4.05. The van der Waals surface area contributed by atoms with E-state index in [4.69, 9.17) is 18.9 Å². The summed E-state index contributed by atoms with van der Waals surface area (Å²) in [5, 5.41) is 11.4. The number of ether oxygens (including phenoxy) is 4. The lowest BCUT2D eigenvalue weighted by Crippen LogP contribution is -2.15. The van der Waals surface area contributed by atoms with Crippen LogP contribution >= 0.6 is 0 Å². The lowest BCUT2D eigenvalue weighted by Gasteiger charge is -2.18. The van der Waals surface area contributed by atoms with Gasteiger partial charge in [0, 0.05) is 17.8 Å². The first-order valence-corrected chi connectivity index (χ1v) is 8.43. The summed E-state index contributed by atoms with van der Waals surface area (Å²) in [4.78, 5) is 19.2. The van der Waals surface area contributed by atoms with Crippen molar-refractivity contribution in [3.63, 3.8) is 0 Å². The Bertz CT molecular complexity index is 1030. The predicted molar refractivity (Wildman–Crippen MR) is 97.4 cm³/mol. The molecule has 0 N–H and O–H groups in total. The highest BCUT2D eigenvalue weighted by molar-refractivity contribution is 5.59. The van der Waals surface area contributed by atoms with E-state index in [1.54, 1.807) is 25.1 Å². The number of nitrogens with zero attached hydrogens (tertiary/aromatic N) is 3. The van der Waals surface area contributed by atoms with Gasteiger partial charge in [0.2, 0.25) is 11.6 Å². The summed E-state index contributed by atoms with van der Waals surface area (Å²) in [5.41, 5.74) is 0.302. The second-order valence-electron chi connectivity index (χ2n) is 5.87. The minimum Gasteiger partial charge on any atom is -0.486 e. The third kappa shape index (κ3) is 3.78. The molecule has 0 saturated heterocycles. The van der Waals surface area contributed by atoms with Gasteiger partial charge in [-0.05, 0) is 19.1 Å². The van der Waals surface area contributed by atoms with Gasteiger partial charge in [-0.25, -0.2) is 0 Å². The summed E-state index contributed by atoms with van der Waals surface area (Å²) in [5.74, 6) is 1.46. The standard InChI is InChI=1S/C19H15N3O6/c1-12-9-18(27-13-5-3-2-4-6-13)21-19(20-12)28-15-11-17-16(25-7-8-26-17)10-14(15)22(23)24/h2-6,9-11H,7-8H2,1H3. The van der Waals surface area contributed by atoms with Crippen molar-refractivity contribution in [2.45, 2.75) is 6.92 Å². The number of hydrogen-bond donors (Lipinski definition) is 0. The number of fused-ring (bicyclic) bond motifs is 1. The summed E-state index contributed by atoms with van der Waals surface area (Å²) in [7, 11) is 0. The number of hydrogen-bond acceptors (Lipinski definition) is 8. The Balaban J connectivity index is 1.66. The van der Waals surface area contributed by atoms with Crippen LogP contribution in [0.4, 0.5) is 5.69 Å². The lowest BCUT2D eigenvalue weighted by atomic mass is 10.2. The van der Waals surface area contributed by atoms with Gasteiger partial charge in [-0.1, -0.05) is 18.2 Å². The van der Waals surface area contributed by atoms with Gasteiger partial charge in [0.1, 0.15) is 19.0 Å². The van der Waals surface area contributed by atoms with Gasteiger partial charge in [-0.3, -0.25) is 10.1 Å². The second-order valence-corrected chi connectivity index (χ2v) is 5.87. The fraction of sp³-hybridized carbons (Fsp3) is 0.158. The minimum absolute atomic E-state index is 0.0505. The van der Waals surface area contributed by atoms with Crippen molar-refractivity contribution in [1.82, 2.24) is 9.97 Å². The summed E-state index contributed by atoms with van der Waals surface area (Å²) in [6, 6.07) is 13.3. The van der Waals surface area contributed by atoms with E-state index in [1.165, 1.54) is 12.1 Å². The van der Waals surface area contributed by atoms with Crippen LogP contribution < -0.4 is 18.9 Å². The summed E-state index contributed by atoms with van der Waals surface area (Å²) < 4.78 is 22.2.